The van der Waals surface area contributed by atoms with E-state index in [0.29, 0.717) is 17.9 Å². The molecule has 1 N–H and O–H groups in total. The summed E-state index contributed by atoms with van der Waals surface area (Å²) in [5, 5.41) is 2.58. The van der Waals surface area contributed by atoms with Gasteiger partial charge in [-0.3, -0.25) is 4.79 Å². The molecule has 0 saturated heterocycles. The zero-order chi connectivity index (χ0) is 17.7. The number of rotatable bonds is 6. The van der Waals surface area contributed by atoms with Crippen molar-refractivity contribution in [1.82, 2.24) is 0 Å². The Bertz CT molecular complexity index is 729. The second-order valence-corrected chi connectivity index (χ2v) is 5.68. The van der Waals surface area contributed by atoms with Crippen molar-refractivity contribution in [2.24, 2.45) is 0 Å². The number of hydrogen-bond donors (Lipinski definition) is 1. The molecule has 0 bridgehead atoms. The van der Waals surface area contributed by atoms with Gasteiger partial charge >= 0.3 is 0 Å². The molecule has 2 aromatic rings. The highest BCUT2D eigenvalue weighted by molar-refractivity contribution is 6.04. The van der Waals surface area contributed by atoms with Crippen molar-refractivity contribution >= 4 is 11.6 Å². The highest BCUT2D eigenvalue weighted by Crippen LogP contribution is 2.23. The van der Waals surface area contributed by atoms with Crippen LogP contribution in [0, 0.1) is 12.7 Å². The molecule has 1 amide bonds. The van der Waals surface area contributed by atoms with Crippen LogP contribution in [0.15, 0.2) is 36.4 Å². The van der Waals surface area contributed by atoms with E-state index in [1.54, 1.807) is 24.3 Å². The number of aryl methyl sites for hydroxylation is 1. The molecule has 4 nitrogen and oxygen atoms in total. The third kappa shape index (κ3) is 4.47. The van der Waals surface area contributed by atoms with E-state index < -0.39 is 5.82 Å². The minimum absolute atomic E-state index is 0.0447. The van der Waals surface area contributed by atoms with Crippen LogP contribution in [0.25, 0.3) is 0 Å². The monoisotopic (exact) mass is 331 g/mol. The number of halogens is 1. The quantitative estimate of drug-likeness (QED) is 0.843. The van der Waals surface area contributed by atoms with E-state index in [1.807, 2.05) is 27.7 Å². The summed E-state index contributed by atoms with van der Waals surface area (Å²) in [6, 6.07) is 9.49. The SMILES string of the molecule is CCOc1ccc(C(=O)Nc2ccc(OC(C)C)cc2F)cc1C. The van der Waals surface area contributed by atoms with Gasteiger partial charge in [0.2, 0.25) is 0 Å². The van der Waals surface area contributed by atoms with Gasteiger partial charge in [0.05, 0.1) is 18.4 Å². The van der Waals surface area contributed by atoms with Crippen LogP contribution in [0.4, 0.5) is 10.1 Å². The number of anilines is 1. The van der Waals surface area contributed by atoms with Crippen LogP contribution < -0.4 is 14.8 Å². The second kappa shape index (κ2) is 7.81. The maximum absolute atomic E-state index is 14.1. The predicted molar refractivity (Wildman–Crippen MR) is 92.5 cm³/mol. The van der Waals surface area contributed by atoms with Crippen molar-refractivity contribution in [1.29, 1.82) is 0 Å². The lowest BCUT2D eigenvalue weighted by molar-refractivity contribution is 0.102. The molecule has 0 fully saturated rings. The van der Waals surface area contributed by atoms with Gasteiger partial charge in [-0.25, -0.2) is 4.39 Å². The zero-order valence-corrected chi connectivity index (χ0v) is 14.4. The van der Waals surface area contributed by atoms with Gasteiger partial charge < -0.3 is 14.8 Å². The molecule has 0 aliphatic rings. The van der Waals surface area contributed by atoms with E-state index in [4.69, 9.17) is 9.47 Å². The van der Waals surface area contributed by atoms with Crippen LogP contribution >= 0.6 is 0 Å². The molecule has 0 aromatic heterocycles. The molecule has 0 radical (unpaired) electrons. The Labute approximate surface area is 141 Å². The topological polar surface area (TPSA) is 47.6 Å². The molecule has 0 saturated carbocycles. The van der Waals surface area contributed by atoms with Crippen LogP contribution in [0.2, 0.25) is 0 Å². The van der Waals surface area contributed by atoms with Gasteiger partial charge in [-0.05, 0) is 63.6 Å². The normalized spacial score (nSPS) is 10.6. The highest BCUT2D eigenvalue weighted by atomic mass is 19.1. The molecule has 128 valence electrons. The average Bonchev–Trinajstić information content (AvgIpc) is 2.51. The lowest BCUT2D eigenvalue weighted by atomic mass is 10.1. The van der Waals surface area contributed by atoms with Crippen LogP contribution in [-0.4, -0.2) is 18.6 Å². The van der Waals surface area contributed by atoms with Gasteiger partial charge in [0.1, 0.15) is 17.3 Å². The van der Waals surface area contributed by atoms with Crippen LogP contribution in [0.3, 0.4) is 0 Å². The lowest BCUT2D eigenvalue weighted by Gasteiger charge is -2.12. The van der Waals surface area contributed by atoms with Gasteiger partial charge in [0.25, 0.3) is 5.91 Å². The van der Waals surface area contributed by atoms with Crippen LogP contribution in [0.1, 0.15) is 36.7 Å². The fraction of sp³-hybridized carbons (Fsp3) is 0.316. The maximum Gasteiger partial charge on any atom is 0.255 e. The number of carbonyl (C=O) groups excluding carboxylic acids is 1. The summed E-state index contributed by atoms with van der Waals surface area (Å²) in [7, 11) is 0. The first kappa shape index (κ1) is 17.8. The molecular weight excluding hydrogens is 309 g/mol. The summed E-state index contributed by atoms with van der Waals surface area (Å²) in [4.78, 5) is 12.3. The van der Waals surface area contributed by atoms with E-state index in [9.17, 15) is 9.18 Å². The van der Waals surface area contributed by atoms with Gasteiger partial charge in [-0.15, -0.1) is 0 Å². The first-order chi connectivity index (χ1) is 11.4. The summed E-state index contributed by atoms with van der Waals surface area (Å²) >= 11 is 0. The molecule has 2 rings (SSSR count). The average molecular weight is 331 g/mol. The number of amides is 1. The van der Waals surface area contributed by atoms with Crippen molar-refractivity contribution in [3.8, 4) is 11.5 Å². The molecule has 0 aliphatic heterocycles. The van der Waals surface area contributed by atoms with Gasteiger partial charge in [-0.2, -0.15) is 0 Å². The number of benzene rings is 2. The maximum atomic E-state index is 14.1. The van der Waals surface area contributed by atoms with E-state index in [0.717, 1.165) is 11.3 Å². The van der Waals surface area contributed by atoms with E-state index >= 15 is 0 Å². The Morgan fingerprint density at radius 1 is 1.21 bits per heavy atom. The number of carbonyl (C=O) groups is 1. The molecule has 2 aromatic carbocycles. The largest absolute Gasteiger partial charge is 0.494 e. The molecule has 0 spiro atoms. The smallest absolute Gasteiger partial charge is 0.255 e. The highest BCUT2D eigenvalue weighted by Gasteiger charge is 2.12. The van der Waals surface area contributed by atoms with Crippen LogP contribution in [0.5, 0.6) is 11.5 Å². The third-order valence-electron chi connectivity index (χ3n) is 3.30. The summed E-state index contributed by atoms with van der Waals surface area (Å²) < 4.78 is 25.0. The Hall–Kier alpha value is -2.56. The Balaban J connectivity index is 2.13. The summed E-state index contributed by atoms with van der Waals surface area (Å²) in [6.45, 7) is 8.04. The summed E-state index contributed by atoms with van der Waals surface area (Å²) in [6.07, 6.45) is -0.0447. The molecular formula is C19H22FNO3. The van der Waals surface area contributed by atoms with Crippen molar-refractivity contribution in [3.63, 3.8) is 0 Å². The number of nitrogens with one attached hydrogen (secondary N) is 1. The standard InChI is InChI=1S/C19H22FNO3/c1-5-23-18-9-6-14(10-13(18)4)19(22)21-17-8-7-15(11-16(17)20)24-12(2)3/h6-12H,5H2,1-4H3,(H,21,22). The fourth-order valence-electron chi connectivity index (χ4n) is 2.25. The van der Waals surface area contributed by atoms with Gasteiger partial charge in [-0.1, -0.05) is 0 Å². The van der Waals surface area contributed by atoms with E-state index in [-0.39, 0.29) is 17.7 Å². The van der Waals surface area contributed by atoms with E-state index in [2.05, 4.69) is 5.32 Å². The molecule has 0 atom stereocenters. The number of hydrogen-bond acceptors (Lipinski definition) is 3. The first-order valence-corrected chi connectivity index (χ1v) is 7.91. The summed E-state index contributed by atoms with van der Waals surface area (Å²) in [5.41, 5.74) is 1.41. The third-order valence-corrected chi connectivity index (χ3v) is 3.30. The van der Waals surface area contributed by atoms with E-state index in [1.165, 1.54) is 12.1 Å². The van der Waals surface area contributed by atoms with Crippen molar-refractivity contribution in [2.45, 2.75) is 33.8 Å². The minimum Gasteiger partial charge on any atom is -0.494 e. The summed E-state index contributed by atoms with van der Waals surface area (Å²) in [5.74, 6) is 0.245. The fourth-order valence-corrected chi connectivity index (χ4v) is 2.25. The molecule has 0 unspecified atom stereocenters. The van der Waals surface area contributed by atoms with Gasteiger partial charge in [0.15, 0.2) is 0 Å². The minimum atomic E-state index is -0.538. The van der Waals surface area contributed by atoms with Crippen molar-refractivity contribution < 1.29 is 18.7 Å². The molecule has 0 aliphatic carbocycles. The lowest BCUT2D eigenvalue weighted by Crippen LogP contribution is -2.13. The van der Waals surface area contributed by atoms with Gasteiger partial charge in [0, 0.05) is 11.6 Å². The zero-order valence-electron chi connectivity index (χ0n) is 14.4. The van der Waals surface area contributed by atoms with Crippen molar-refractivity contribution in [3.05, 3.63) is 53.3 Å². The molecule has 5 heteroatoms. The Morgan fingerprint density at radius 3 is 2.54 bits per heavy atom. The van der Waals surface area contributed by atoms with Crippen molar-refractivity contribution in [2.75, 3.05) is 11.9 Å². The Morgan fingerprint density at radius 2 is 1.96 bits per heavy atom. The first-order valence-electron chi connectivity index (χ1n) is 7.91. The Kier molecular flexibility index (Phi) is 5.79. The molecule has 0 heterocycles. The number of ether oxygens (including phenoxy) is 2. The molecule has 24 heavy (non-hydrogen) atoms. The van der Waals surface area contributed by atoms with Crippen LogP contribution in [-0.2, 0) is 0 Å². The second-order valence-electron chi connectivity index (χ2n) is 5.68. The predicted octanol–water partition coefficient (Wildman–Crippen LogP) is 4.57.